The fourth-order valence-corrected chi connectivity index (χ4v) is 4.37. The Balaban J connectivity index is 1.55. The molecule has 27 heavy (non-hydrogen) atoms. The molecule has 0 N–H and O–H groups in total. The van der Waals surface area contributed by atoms with Crippen molar-refractivity contribution in [1.82, 2.24) is 24.2 Å². The van der Waals surface area contributed by atoms with Crippen LogP contribution in [0.4, 0.5) is 0 Å². The third-order valence-electron chi connectivity index (χ3n) is 6.04. The van der Waals surface area contributed by atoms with Crippen LogP contribution >= 0.6 is 0 Å². The molecule has 0 bridgehead atoms. The van der Waals surface area contributed by atoms with E-state index in [1.807, 2.05) is 18.3 Å². The molecule has 0 saturated heterocycles. The summed E-state index contributed by atoms with van der Waals surface area (Å²) in [5.41, 5.74) is 6.27. The molecule has 5 nitrogen and oxygen atoms in total. The van der Waals surface area contributed by atoms with E-state index in [0.29, 0.717) is 6.04 Å². The largest absolute Gasteiger partial charge is 0.347 e. The molecule has 5 rings (SSSR count). The maximum absolute atomic E-state index is 4.99. The average molecular weight is 361 g/mol. The van der Waals surface area contributed by atoms with E-state index in [4.69, 9.17) is 5.10 Å². The smallest absolute Gasteiger partial charge is 0.0986 e. The Morgan fingerprint density at radius 1 is 1.15 bits per heavy atom. The first-order valence-corrected chi connectivity index (χ1v) is 10.1. The lowest BCUT2D eigenvalue weighted by Crippen LogP contribution is -2.39. The molecule has 1 aliphatic carbocycles. The fourth-order valence-electron chi connectivity index (χ4n) is 4.37. The van der Waals surface area contributed by atoms with E-state index >= 15 is 0 Å². The second-order valence-corrected chi connectivity index (χ2v) is 8.19. The molecule has 1 fully saturated rings. The first kappa shape index (κ1) is 16.8. The Labute approximate surface area is 160 Å². The minimum atomic E-state index is 0.467. The topological polar surface area (TPSA) is 38.9 Å². The van der Waals surface area contributed by atoms with Gasteiger partial charge in [0.25, 0.3) is 0 Å². The summed E-state index contributed by atoms with van der Waals surface area (Å²) in [4.78, 5) is 7.13. The number of aromatic nitrogens is 4. The van der Waals surface area contributed by atoms with Crippen molar-refractivity contribution in [2.24, 2.45) is 0 Å². The maximum atomic E-state index is 4.99. The van der Waals surface area contributed by atoms with Gasteiger partial charge in [0.1, 0.15) is 0 Å². The van der Waals surface area contributed by atoms with E-state index in [2.05, 4.69) is 57.5 Å². The van der Waals surface area contributed by atoms with Gasteiger partial charge < -0.3 is 4.57 Å². The molecule has 5 heteroatoms. The van der Waals surface area contributed by atoms with Crippen molar-refractivity contribution in [3.05, 3.63) is 59.8 Å². The second-order valence-electron chi connectivity index (χ2n) is 8.19. The Kier molecular flexibility index (Phi) is 4.12. The number of hydrogen-bond acceptors (Lipinski definition) is 3. The monoisotopic (exact) mass is 361 g/mol. The maximum Gasteiger partial charge on any atom is 0.0986 e. The highest BCUT2D eigenvalue weighted by atomic mass is 15.3. The number of hydrogen-bond donors (Lipinski definition) is 0. The van der Waals surface area contributed by atoms with Crippen molar-refractivity contribution in [2.45, 2.75) is 64.8 Å². The molecule has 0 atom stereocenters. The van der Waals surface area contributed by atoms with Crippen molar-refractivity contribution >= 4 is 0 Å². The summed E-state index contributed by atoms with van der Waals surface area (Å²) in [5, 5.41) is 4.99. The molecule has 2 aliphatic rings. The molecule has 0 amide bonds. The normalized spacial score (nSPS) is 17.4. The van der Waals surface area contributed by atoms with Crippen LogP contribution in [0.3, 0.4) is 0 Å². The molecule has 0 radical (unpaired) electrons. The molecule has 4 heterocycles. The van der Waals surface area contributed by atoms with Crippen LogP contribution in [-0.2, 0) is 19.6 Å². The van der Waals surface area contributed by atoms with Crippen molar-refractivity contribution in [1.29, 1.82) is 0 Å². The summed E-state index contributed by atoms with van der Waals surface area (Å²) >= 11 is 0. The second kappa shape index (κ2) is 6.64. The van der Waals surface area contributed by atoms with E-state index < -0.39 is 0 Å². The average Bonchev–Trinajstić information content (AvgIpc) is 3.15. The zero-order valence-corrected chi connectivity index (χ0v) is 16.2. The van der Waals surface area contributed by atoms with Gasteiger partial charge in [-0.05, 0) is 44.9 Å². The van der Waals surface area contributed by atoms with Gasteiger partial charge in [-0.1, -0.05) is 12.5 Å². The lowest BCUT2D eigenvalue weighted by atomic mass is 9.91. The zero-order chi connectivity index (χ0) is 18.4. The van der Waals surface area contributed by atoms with Crippen LogP contribution in [0.2, 0.25) is 0 Å². The van der Waals surface area contributed by atoms with Gasteiger partial charge in [-0.25, -0.2) is 0 Å². The van der Waals surface area contributed by atoms with Crippen LogP contribution in [-0.4, -0.2) is 30.3 Å². The molecule has 1 aliphatic heterocycles. The number of nitrogens with zero attached hydrogens (tertiary/aromatic N) is 5. The predicted molar refractivity (Wildman–Crippen MR) is 106 cm³/mol. The summed E-state index contributed by atoms with van der Waals surface area (Å²) in [6.45, 7) is 7.27. The SMILES string of the molecule is CC(C)n1ccc2c1CN(C1CCC1)Cc1cn(Cc3ccccn3)nc1-2. The molecule has 1 saturated carbocycles. The lowest BCUT2D eigenvalue weighted by molar-refractivity contribution is 0.110. The van der Waals surface area contributed by atoms with Crippen molar-refractivity contribution in [3.8, 4) is 11.3 Å². The first-order valence-electron chi connectivity index (χ1n) is 10.1. The number of rotatable bonds is 4. The van der Waals surface area contributed by atoms with Gasteiger partial charge in [-0.15, -0.1) is 0 Å². The lowest BCUT2D eigenvalue weighted by Gasteiger charge is -2.37. The minimum Gasteiger partial charge on any atom is -0.347 e. The minimum absolute atomic E-state index is 0.467. The molecule has 3 aromatic rings. The molecular formula is C22H27N5. The van der Waals surface area contributed by atoms with Crippen molar-refractivity contribution < 1.29 is 0 Å². The quantitative estimate of drug-likeness (QED) is 0.697. The van der Waals surface area contributed by atoms with E-state index in [-0.39, 0.29) is 0 Å². The standard InChI is InChI=1S/C22H27N5/c1-16(2)27-11-9-20-21(27)15-25(19-7-5-8-19)12-17-13-26(24-22(17)20)14-18-6-3-4-10-23-18/h3-4,6,9-11,13,16,19H,5,7-8,12,14-15H2,1-2H3. The molecule has 0 aromatic carbocycles. The Bertz CT molecular complexity index is 933. The molecule has 0 spiro atoms. The summed E-state index contributed by atoms with van der Waals surface area (Å²) in [6, 6.07) is 9.51. The third-order valence-corrected chi connectivity index (χ3v) is 6.04. The molecule has 0 unspecified atom stereocenters. The van der Waals surface area contributed by atoms with Crippen LogP contribution in [0.25, 0.3) is 11.3 Å². The summed E-state index contributed by atoms with van der Waals surface area (Å²) < 4.78 is 4.49. The Morgan fingerprint density at radius 3 is 2.74 bits per heavy atom. The third kappa shape index (κ3) is 3.00. The summed E-state index contributed by atoms with van der Waals surface area (Å²) in [7, 11) is 0. The Hall–Kier alpha value is -2.40. The number of fused-ring (bicyclic) bond motifs is 3. The van der Waals surface area contributed by atoms with E-state index in [0.717, 1.165) is 37.1 Å². The molecular weight excluding hydrogens is 334 g/mol. The van der Waals surface area contributed by atoms with E-state index in [1.54, 1.807) is 0 Å². The van der Waals surface area contributed by atoms with Crippen LogP contribution in [0.5, 0.6) is 0 Å². The van der Waals surface area contributed by atoms with Crippen LogP contribution < -0.4 is 0 Å². The summed E-state index contributed by atoms with van der Waals surface area (Å²) in [6.07, 6.45) is 10.3. The van der Waals surface area contributed by atoms with Crippen molar-refractivity contribution in [2.75, 3.05) is 0 Å². The van der Waals surface area contributed by atoms with Gasteiger partial charge >= 0.3 is 0 Å². The summed E-state index contributed by atoms with van der Waals surface area (Å²) in [5.74, 6) is 0. The van der Waals surface area contributed by atoms with Crippen LogP contribution in [0.1, 0.15) is 56.1 Å². The van der Waals surface area contributed by atoms with Gasteiger partial charge in [0, 0.05) is 60.6 Å². The van der Waals surface area contributed by atoms with Crippen LogP contribution in [0, 0.1) is 0 Å². The number of pyridine rings is 1. The first-order chi connectivity index (χ1) is 13.2. The fraction of sp³-hybridized carbons (Fsp3) is 0.455. The van der Waals surface area contributed by atoms with Crippen LogP contribution in [0.15, 0.2) is 42.9 Å². The zero-order valence-electron chi connectivity index (χ0n) is 16.2. The highest BCUT2D eigenvalue weighted by molar-refractivity contribution is 5.67. The van der Waals surface area contributed by atoms with Crippen molar-refractivity contribution in [3.63, 3.8) is 0 Å². The highest BCUT2D eigenvalue weighted by Crippen LogP contribution is 2.37. The van der Waals surface area contributed by atoms with E-state index in [1.165, 1.54) is 36.1 Å². The van der Waals surface area contributed by atoms with Gasteiger partial charge in [0.15, 0.2) is 0 Å². The van der Waals surface area contributed by atoms with Gasteiger partial charge in [0.2, 0.25) is 0 Å². The van der Waals surface area contributed by atoms with E-state index in [9.17, 15) is 0 Å². The molecule has 140 valence electrons. The highest BCUT2D eigenvalue weighted by Gasteiger charge is 2.31. The van der Waals surface area contributed by atoms with Gasteiger partial charge in [0.05, 0.1) is 17.9 Å². The molecule has 3 aromatic heterocycles. The predicted octanol–water partition coefficient (Wildman–Crippen LogP) is 4.24. The Morgan fingerprint density at radius 2 is 2.04 bits per heavy atom. The van der Waals surface area contributed by atoms with Gasteiger partial charge in [-0.2, -0.15) is 5.10 Å². The van der Waals surface area contributed by atoms with Gasteiger partial charge in [-0.3, -0.25) is 14.6 Å².